The van der Waals surface area contributed by atoms with E-state index in [4.69, 9.17) is 11.6 Å². The van der Waals surface area contributed by atoms with Crippen molar-refractivity contribution in [3.63, 3.8) is 0 Å². The first-order chi connectivity index (χ1) is 9.00. The number of amides is 1. The molecule has 4 nitrogen and oxygen atoms in total. The van der Waals surface area contributed by atoms with Crippen LogP contribution in [0.3, 0.4) is 0 Å². The van der Waals surface area contributed by atoms with Gasteiger partial charge < -0.3 is 15.7 Å². The van der Waals surface area contributed by atoms with Crippen molar-refractivity contribution >= 4 is 17.5 Å². The monoisotopic (exact) mass is 284 g/mol. The number of aliphatic hydroxyl groups excluding tert-OH is 1. The third kappa shape index (κ3) is 6.05. The number of hydrogen-bond acceptors (Lipinski definition) is 3. The third-order valence-corrected chi connectivity index (χ3v) is 2.94. The second kappa shape index (κ2) is 8.15. The van der Waals surface area contributed by atoms with Gasteiger partial charge in [-0.25, -0.2) is 0 Å². The predicted molar refractivity (Wildman–Crippen MR) is 77.1 cm³/mol. The van der Waals surface area contributed by atoms with E-state index in [0.717, 1.165) is 0 Å². The van der Waals surface area contributed by atoms with Crippen LogP contribution in [0.2, 0.25) is 5.02 Å². The Hall–Kier alpha value is -1.10. The summed E-state index contributed by atoms with van der Waals surface area (Å²) >= 11 is 5.98. The normalized spacial score (nSPS) is 12.5. The van der Waals surface area contributed by atoms with Gasteiger partial charge in [0.1, 0.15) is 0 Å². The number of nitrogens with one attached hydrogen (secondary N) is 2. The van der Waals surface area contributed by atoms with E-state index in [1.165, 1.54) is 0 Å². The zero-order chi connectivity index (χ0) is 14.3. The van der Waals surface area contributed by atoms with Crippen LogP contribution in [0.25, 0.3) is 0 Å². The predicted octanol–water partition coefficient (Wildman–Crippen LogP) is 1.74. The molecule has 1 aromatic carbocycles. The second-order valence-corrected chi connectivity index (χ2v) is 5.27. The highest BCUT2D eigenvalue weighted by atomic mass is 35.5. The Morgan fingerprint density at radius 3 is 2.63 bits per heavy atom. The Kier molecular flexibility index (Phi) is 6.84. The summed E-state index contributed by atoms with van der Waals surface area (Å²) in [7, 11) is 0. The van der Waals surface area contributed by atoms with Crippen molar-refractivity contribution in [2.45, 2.75) is 20.0 Å². The molecule has 5 heteroatoms. The van der Waals surface area contributed by atoms with Gasteiger partial charge >= 0.3 is 0 Å². The van der Waals surface area contributed by atoms with E-state index >= 15 is 0 Å². The van der Waals surface area contributed by atoms with E-state index < -0.39 is 6.10 Å². The summed E-state index contributed by atoms with van der Waals surface area (Å²) in [6.45, 7) is 5.21. The van der Waals surface area contributed by atoms with Crippen molar-refractivity contribution in [2.24, 2.45) is 5.92 Å². The minimum Gasteiger partial charge on any atom is -0.387 e. The van der Waals surface area contributed by atoms with E-state index in [1.54, 1.807) is 12.1 Å². The van der Waals surface area contributed by atoms with Crippen molar-refractivity contribution in [2.75, 3.05) is 19.6 Å². The fourth-order valence-electron chi connectivity index (χ4n) is 1.56. The Bertz CT molecular complexity index is 410. The minimum atomic E-state index is -0.716. The smallest absolute Gasteiger partial charge is 0.233 e. The first-order valence-electron chi connectivity index (χ1n) is 6.40. The summed E-state index contributed by atoms with van der Waals surface area (Å²) < 4.78 is 0. The summed E-state index contributed by atoms with van der Waals surface area (Å²) in [4.78, 5) is 11.5. The lowest BCUT2D eigenvalue weighted by Gasteiger charge is -2.14. The summed E-state index contributed by atoms with van der Waals surface area (Å²) in [5.74, 6) is 0.359. The van der Waals surface area contributed by atoms with E-state index in [-0.39, 0.29) is 12.5 Å². The first kappa shape index (κ1) is 16.0. The minimum absolute atomic E-state index is 0.0694. The molecule has 1 atom stereocenters. The molecule has 1 unspecified atom stereocenters. The van der Waals surface area contributed by atoms with Crippen LogP contribution in [-0.2, 0) is 4.79 Å². The number of benzene rings is 1. The number of carbonyl (C=O) groups excluding carboxylic acids is 1. The zero-order valence-electron chi connectivity index (χ0n) is 11.3. The van der Waals surface area contributed by atoms with Crippen LogP contribution >= 0.6 is 11.6 Å². The molecule has 19 heavy (non-hydrogen) atoms. The average molecular weight is 285 g/mol. The molecule has 0 spiro atoms. The lowest BCUT2D eigenvalue weighted by atomic mass is 10.1. The van der Waals surface area contributed by atoms with Gasteiger partial charge in [0.15, 0.2) is 0 Å². The molecular formula is C14H21ClN2O2. The fraction of sp³-hybridized carbons (Fsp3) is 0.500. The number of aliphatic hydroxyl groups is 1. The van der Waals surface area contributed by atoms with E-state index in [1.807, 2.05) is 26.0 Å². The molecule has 0 radical (unpaired) electrons. The molecule has 0 aliphatic rings. The Morgan fingerprint density at radius 1 is 1.32 bits per heavy atom. The largest absolute Gasteiger partial charge is 0.387 e. The van der Waals surface area contributed by atoms with Crippen LogP contribution in [-0.4, -0.2) is 30.6 Å². The van der Waals surface area contributed by atoms with Crippen molar-refractivity contribution in [3.05, 3.63) is 34.9 Å². The second-order valence-electron chi connectivity index (χ2n) is 4.87. The van der Waals surface area contributed by atoms with Crippen molar-refractivity contribution in [1.29, 1.82) is 0 Å². The molecule has 0 saturated carbocycles. The Balaban J connectivity index is 2.29. The van der Waals surface area contributed by atoms with Crippen molar-refractivity contribution < 1.29 is 9.90 Å². The molecule has 1 rings (SSSR count). The highest BCUT2D eigenvalue weighted by Gasteiger charge is 2.11. The van der Waals surface area contributed by atoms with E-state index in [0.29, 0.717) is 29.6 Å². The van der Waals surface area contributed by atoms with Gasteiger partial charge in [0.25, 0.3) is 0 Å². The van der Waals surface area contributed by atoms with Gasteiger partial charge in [-0.3, -0.25) is 4.79 Å². The van der Waals surface area contributed by atoms with Crippen molar-refractivity contribution in [3.8, 4) is 0 Å². The lowest BCUT2D eigenvalue weighted by molar-refractivity contribution is -0.120. The van der Waals surface area contributed by atoms with Gasteiger partial charge in [-0.15, -0.1) is 0 Å². The average Bonchev–Trinajstić information content (AvgIpc) is 2.36. The molecule has 1 amide bonds. The van der Waals surface area contributed by atoms with Gasteiger partial charge in [0, 0.05) is 23.7 Å². The molecule has 0 aromatic heterocycles. The highest BCUT2D eigenvalue weighted by molar-refractivity contribution is 6.31. The van der Waals surface area contributed by atoms with Crippen molar-refractivity contribution in [1.82, 2.24) is 10.6 Å². The van der Waals surface area contributed by atoms with Gasteiger partial charge in [0.05, 0.1) is 12.6 Å². The number of hydrogen-bond donors (Lipinski definition) is 3. The van der Waals surface area contributed by atoms with Gasteiger partial charge in [-0.1, -0.05) is 43.6 Å². The topological polar surface area (TPSA) is 61.4 Å². The summed E-state index contributed by atoms with van der Waals surface area (Å²) in [5, 5.41) is 16.2. The molecule has 0 saturated heterocycles. The number of halogens is 1. The quantitative estimate of drug-likeness (QED) is 0.715. The van der Waals surface area contributed by atoms with Crippen LogP contribution in [0.5, 0.6) is 0 Å². The van der Waals surface area contributed by atoms with Crippen LogP contribution in [0, 0.1) is 5.92 Å². The Morgan fingerprint density at radius 2 is 2.00 bits per heavy atom. The first-order valence-corrected chi connectivity index (χ1v) is 6.78. The molecule has 0 fully saturated rings. The summed E-state index contributed by atoms with van der Waals surface area (Å²) in [5.41, 5.74) is 0.666. The SMILES string of the molecule is CC(C)CNC(=O)CNCC(O)c1ccccc1Cl. The highest BCUT2D eigenvalue weighted by Crippen LogP contribution is 2.21. The lowest BCUT2D eigenvalue weighted by Crippen LogP contribution is -2.37. The maximum absolute atomic E-state index is 11.5. The molecule has 106 valence electrons. The van der Waals surface area contributed by atoms with Gasteiger partial charge in [-0.2, -0.15) is 0 Å². The van der Waals surface area contributed by atoms with Crippen LogP contribution < -0.4 is 10.6 Å². The molecule has 3 N–H and O–H groups in total. The number of rotatable bonds is 7. The summed E-state index contributed by atoms with van der Waals surface area (Å²) in [6.07, 6.45) is -0.716. The molecule has 0 aliphatic heterocycles. The summed E-state index contributed by atoms with van der Waals surface area (Å²) in [6, 6.07) is 7.13. The molecule has 0 aliphatic carbocycles. The zero-order valence-corrected chi connectivity index (χ0v) is 12.1. The van der Waals surface area contributed by atoms with Gasteiger partial charge in [0.2, 0.25) is 5.91 Å². The standard InChI is InChI=1S/C14H21ClN2O2/c1-10(2)7-17-14(19)9-16-8-13(18)11-5-3-4-6-12(11)15/h3-6,10,13,16,18H,7-9H2,1-2H3,(H,17,19). The maximum Gasteiger partial charge on any atom is 0.233 e. The Labute approximate surface area is 119 Å². The van der Waals surface area contributed by atoms with Crippen LogP contribution in [0.4, 0.5) is 0 Å². The third-order valence-electron chi connectivity index (χ3n) is 2.59. The molecule has 1 aromatic rings. The van der Waals surface area contributed by atoms with Crippen LogP contribution in [0.1, 0.15) is 25.5 Å². The van der Waals surface area contributed by atoms with Gasteiger partial charge in [-0.05, 0) is 12.0 Å². The molecule has 0 bridgehead atoms. The van der Waals surface area contributed by atoms with E-state index in [9.17, 15) is 9.90 Å². The fourth-order valence-corrected chi connectivity index (χ4v) is 1.82. The molecular weight excluding hydrogens is 264 g/mol. The molecule has 0 heterocycles. The number of carbonyl (C=O) groups is 1. The maximum atomic E-state index is 11.5. The van der Waals surface area contributed by atoms with Crippen LogP contribution in [0.15, 0.2) is 24.3 Å². The van der Waals surface area contributed by atoms with E-state index in [2.05, 4.69) is 10.6 Å².